The highest BCUT2D eigenvalue weighted by Crippen LogP contribution is 2.09. The average molecular weight is 285 g/mol. The molecule has 0 spiro atoms. The molecule has 0 amide bonds. The summed E-state index contributed by atoms with van der Waals surface area (Å²) in [4.78, 5) is 14.4. The first-order valence-corrected chi connectivity index (χ1v) is 6.46. The van der Waals surface area contributed by atoms with Crippen LogP contribution in [0.4, 0.5) is 11.9 Å². The van der Waals surface area contributed by atoms with Gasteiger partial charge in [0.1, 0.15) is 0 Å². The van der Waals surface area contributed by atoms with Crippen LogP contribution in [0.5, 0.6) is 6.01 Å². The summed E-state index contributed by atoms with van der Waals surface area (Å²) in [5, 5.41) is 3.11. The lowest BCUT2D eigenvalue weighted by atomic mass is 10.5. The van der Waals surface area contributed by atoms with E-state index < -0.39 is 0 Å². The second-order valence-corrected chi connectivity index (χ2v) is 4.07. The van der Waals surface area contributed by atoms with Crippen LogP contribution in [-0.2, 0) is 4.74 Å². The molecule has 0 atom stereocenters. The fraction of sp³-hybridized carbons (Fsp3) is 0.727. The standard InChI is InChI=1S/C11H23N7O2/c1-4-20-11-15-9(14-10(16-11)17-12)13-5-6-18(2)7-8-19-3/h4-8,12H2,1-3H3,(H2,13,14,15,16,17). The smallest absolute Gasteiger partial charge is 0.323 e. The molecule has 114 valence electrons. The van der Waals surface area contributed by atoms with Gasteiger partial charge < -0.3 is 19.7 Å². The van der Waals surface area contributed by atoms with Crippen LogP contribution in [0.1, 0.15) is 6.92 Å². The first kappa shape index (κ1) is 16.3. The van der Waals surface area contributed by atoms with E-state index in [0.29, 0.717) is 25.7 Å². The molecule has 0 aliphatic carbocycles. The number of likely N-dealkylation sites (N-methyl/N-ethyl adjacent to an activating group) is 1. The molecule has 1 heterocycles. The van der Waals surface area contributed by atoms with Crippen LogP contribution in [0.3, 0.4) is 0 Å². The highest BCUT2D eigenvalue weighted by molar-refractivity contribution is 5.34. The summed E-state index contributed by atoms with van der Waals surface area (Å²) < 4.78 is 10.3. The number of nitrogens with zero attached hydrogens (tertiary/aromatic N) is 4. The minimum atomic E-state index is 0.241. The van der Waals surface area contributed by atoms with Crippen LogP contribution in [0.15, 0.2) is 0 Å². The molecule has 0 bridgehead atoms. The SMILES string of the molecule is CCOc1nc(NN)nc(NCCN(C)CCOC)n1. The Hall–Kier alpha value is -1.71. The predicted octanol–water partition coefficient (Wildman–Crippen LogP) is -0.454. The maximum absolute atomic E-state index is 5.31. The third-order valence-corrected chi connectivity index (χ3v) is 2.47. The summed E-state index contributed by atoms with van der Waals surface area (Å²) >= 11 is 0. The molecule has 1 aromatic rings. The lowest BCUT2D eigenvalue weighted by molar-refractivity contribution is 0.163. The zero-order valence-electron chi connectivity index (χ0n) is 12.2. The van der Waals surface area contributed by atoms with Gasteiger partial charge in [-0.1, -0.05) is 0 Å². The number of nitrogen functional groups attached to an aromatic ring is 1. The summed E-state index contributed by atoms with van der Waals surface area (Å²) in [6.45, 7) is 5.45. The van der Waals surface area contributed by atoms with Gasteiger partial charge in [-0.15, -0.1) is 0 Å². The predicted molar refractivity (Wildman–Crippen MR) is 76.7 cm³/mol. The number of hydrogen-bond acceptors (Lipinski definition) is 9. The Morgan fingerprint density at radius 2 is 1.95 bits per heavy atom. The molecule has 0 saturated heterocycles. The molecule has 9 heteroatoms. The number of hydrazine groups is 1. The van der Waals surface area contributed by atoms with Gasteiger partial charge in [-0.25, -0.2) is 5.84 Å². The minimum absolute atomic E-state index is 0.241. The second-order valence-electron chi connectivity index (χ2n) is 4.07. The number of rotatable bonds is 10. The van der Waals surface area contributed by atoms with Gasteiger partial charge in [0.25, 0.3) is 0 Å². The van der Waals surface area contributed by atoms with Crippen molar-refractivity contribution in [2.45, 2.75) is 6.92 Å². The highest BCUT2D eigenvalue weighted by Gasteiger charge is 2.06. The number of methoxy groups -OCH3 is 1. The van der Waals surface area contributed by atoms with Crippen molar-refractivity contribution < 1.29 is 9.47 Å². The zero-order valence-corrected chi connectivity index (χ0v) is 12.2. The van der Waals surface area contributed by atoms with E-state index in [0.717, 1.165) is 13.1 Å². The van der Waals surface area contributed by atoms with Crippen molar-refractivity contribution in [3.05, 3.63) is 0 Å². The minimum Gasteiger partial charge on any atom is -0.464 e. The third kappa shape index (κ3) is 5.95. The molecule has 1 aromatic heterocycles. The van der Waals surface area contributed by atoms with E-state index in [-0.39, 0.29) is 12.0 Å². The second kappa shape index (κ2) is 9.23. The number of nitrogens with one attached hydrogen (secondary N) is 2. The van der Waals surface area contributed by atoms with Crippen LogP contribution in [-0.4, -0.2) is 66.9 Å². The molecule has 20 heavy (non-hydrogen) atoms. The van der Waals surface area contributed by atoms with Crippen molar-refractivity contribution in [1.82, 2.24) is 19.9 Å². The lowest BCUT2D eigenvalue weighted by Gasteiger charge is -2.16. The Bertz CT molecular complexity index is 391. The Kier molecular flexibility index (Phi) is 7.55. The molecule has 0 aromatic carbocycles. The summed E-state index contributed by atoms with van der Waals surface area (Å²) in [5.41, 5.74) is 2.38. The summed E-state index contributed by atoms with van der Waals surface area (Å²) in [6.07, 6.45) is 0. The zero-order chi connectivity index (χ0) is 14.8. The van der Waals surface area contributed by atoms with E-state index in [1.54, 1.807) is 7.11 Å². The van der Waals surface area contributed by atoms with Gasteiger partial charge in [-0.2, -0.15) is 15.0 Å². The van der Waals surface area contributed by atoms with E-state index in [1.165, 1.54) is 0 Å². The van der Waals surface area contributed by atoms with Crippen LogP contribution in [0.25, 0.3) is 0 Å². The molecular formula is C11H23N7O2. The molecule has 0 aliphatic rings. The quantitative estimate of drug-likeness (QED) is 0.388. The van der Waals surface area contributed by atoms with Crippen molar-refractivity contribution in [1.29, 1.82) is 0 Å². The number of ether oxygens (including phenoxy) is 2. The van der Waals surface area contributed by atoms with Crippen LogP contribution in [0, 0.1) is 0 Å². The molecule has 4 N–H and O–H groups in total. The molecule has 0 unspecified atom stereocenters. The molecule has 9 nitrogen and oxygen atoms in total. The first-order valence-electron chi connectivity index (χ1n) is 6.46. The van der Waals surface area contributed by atoms with E-state index >= 15 is 0 Å². The number of anilines is 2. The van der Waals surface area contributed by atoms with E-state index in [4.69, 9.17) is 15.3 Å². The maximum Gasteiger partial charge on any atom is 0.323 e. The van der Waals surface area contributed by atoms with Gasteiger partial charge in [0.2, 0.25) is 11.9 Å². The van der Waals surface area contributed by atoms with E-state index in [9.17, 15) is 0 Å². The van der Waals surface area contributed by atoms with Gasteiger partial charge in [0.15, 0.2) is 0 Å². The molecule has 1 rings (SSSR count). The average Bonchev–Trinajstić information content (AvgIpc) is 2.45. The van der Waals surface area contributed by atoms with Gasteiger partial charge in [0.05, 0.1) is 13.2 Å². The maximum atomic E-state index is 5.31. The highest BCUT2D eigenvalue weighted by atomic mass is 16.5. The monoisotopic (exact) mass is 285 g/mol. The molecule has 0 aliphatic heterocycles. The Balaban J connectivity index is 2.47. The van der Waals surface area contributed by atoms with Gasteiger partial charge in [0, 0.05) is 26.7 Å². The molecule has 0 saturated carbocycles. The van der Waals surface area contributed by atoms with Crippen molar-refractivity contribution >= 4 is 11.9 Å². The lowest BCUT2D eigenvalue weighted by Crippen LogP contribution is -2.28. The van der Waals surface area contributed by atoms with E-state index in [2.05, 4.69) is 30.6 Å². The van der Waals surface area contributed by atoms with Crippen molar-refractivity contribution in [2.75, 3.05) is 57.7 Å². The largest absolute Gasteiger partial charge is 0.464 e. The Morgan fingerprint density at radius 3 is 2.60 bits per heavy atom. The van der Waals surface area contributed by atoms with Crippen molar-refractivity contribution in [3.8, 4) is 6.01 Å². The van der Waals surface area contributed by atoms with Gasteiger partial charge in [-0.3, -0.25) is 5.43 Å². The van der Waals surface area contributed by atoms with Crippen LogP contribution < -0.4 is 21.3 Å². The summed E-state index contributed by atoms with van der Waals surface area (Å²) in [5.74, 6) is 6.00. The summed E-state index contributed by atoms with van der Waals surface area (Å²) in [6, 6.07) is 0.241. The molecular weight excluding hydrogens is 262 g/mol. The summed E-state index contributed by atoms with van der Waals surface area (Å²) in [7, 11) is 3.71. The van der Waals surface area contributed by atoms with E-state index in [1.807, 2.05) is 14.0 Å². The van der Waals surface area contributed by atoms with Crippen LogP contribution >= 0.6 is 0 Å². The van der Waals surface area contributed by atoms with Gasteiger partial charge in [-0.05, 0) is 14.0 Å². The van der Waals surface area contributed by atoms with Gasteiger partial charge >= 0.3 is 6.01 Å². The fourth-order valence-corrected chi connectivity index (χ4v) is 1.41. The van der Waals surface area contributed by atoms with Crippen LogP contribution in [0.2, 0.25) is 0 Å². The Morgan fingerprint density at radius 1 is 1.20 bits per heavy atom. The van der Waals surface area contributed by atoms with Crippen molar-refractivity contribution in [3.63, 3.8) is 0 Å². The Labute approximate surface area is 118 Å². The number of hydrogen-bond donors (Lipinski definition) is 3. The number of nitrogens with two attached hydrogens (primary N) is 1. The van der Waals surface area contributed by atoms with Crippen molar-refractivity contribution in [2.24, 2.45) is 5.84 Å². The normalized spacial score (nSPS) is 10.7. The molecule has 0 fully saturated rings. The molecule has 0 radical (unpaired) electrons. The topological polar surface area (TPSA) is 110 Å². The first-order chi connectivity index (χ1) is 9.69. The fourth-order valence-electron chi connectivity index (χ4n) is 1.41. The number of aromatic nitrogens is 3. The third-order valence-electron chi connectivity index (χ3n) is 2.47.